The van der Waals surface area contributed by atoms with Crippen molar-refractivity contribution in [3.05, 3.63) is 114 Å². The maximum Gasteiger partial charge on any atom is 0.295 e. The zero-order valence-corrected chi connectivity index (χ0v) is 18.5. The molecule has 168 valence electrons. The minimum absolute atomic E-state index is 0.0642. The molecule has 1 aliphatic rings. The van der Waals surface area contributed by atoms with Gasteiger partial charge in [0.05, 0.1) is 18.7 Å². The average molecular weight is 450 g/mol. The minimum Gasteiger partial charge on any atom is -0.507 e. The summed E-state index contributed by atoms with van der Waals surface area (Å²) in [7, 11) is 1.57. The summed E-state index contributed by atoms with van der Waals surface area (Å²) in [6.07, 6.45) is 3.31. The van der Waals surface area contributed by atoms with Gasteiger partial charge in [-0.15, -0.1) is 0 Å². The van der Waals surface area contributed by atoms with E-state index >= 15 is 0 Å². The first-order valence-electron chi connectivity index (χ1n) is 10.9. The molecular formula is C28H22N2O4. The van der Waals surface area contributed by atoms with Crippen molar-refractivity contribution >= 4 is 28.2 Å². The Morgan fingerprint density at radius 2 is 1.74 bits per heavy atom. The van der Waals surface area contributed by atoms with Gasteiger partial charge in [-0.1, -0.05) is 54.6 Å². The Balaban J connectivity index is 1.65. The van der Waals surface area contributed by atoms with Gasteiger partial charge in [0.1, 0.15) is 11.5 Å². The summed E-state index contributed by atoms with van der Waals surface area (Å²) in [5, 5.41) is 13.3. The molecule has 2 heterocycles. The summed E-state index contributed by atoms with van der Waals surface area (Å²) in [5.74, 6) is -0.913. The summed E-state index contributed by atoms with van der Waals surface area (Å²) in [4.78, 5) is 32.0. The molecule has 5 rings (SSSR count). The number of methoxy groups -OCH3 is 1. The molecule has 1 saturated heterocycles. The Hall–Kier alpha value is -4.45. The van der Waals surface area contributed by atoms with Crippen LogP contribution in [0.5, 0.6) is 5.75 Å². The van der Waals surface area contributed by atoms with Crippen molar-refractivity contribution in [1.29, 1.82) is 0 Å². The molecule has 6 heteroatoms. The van der Waals surface area contributed by atoms with Gasteiger partial charge in [0.2, 0.25) is 0 Å². The quantitative estimate of drug-likeness (QED) is 0.267. The van der Waals surface area contributed by atoms with E-state index in [1.165, 1.54) is 4.90 Å². The second-order valence-corrected chi connectivity index (χ2v) is 8.12. The third kappa shape index (κ3) is 3.79. The number of fused-ring (bicyclic) bond motifs is 1. The Morgan fingerprint density at radius 3 is 2.44 bits per heavy atom. The van der Waals surface area contributed by atoms with Gasteiger partial charge in [0.25, 0.3) is 11.7 Å². The summed E-state index contributed by atoms with van der Waals surface area (Å²) in [6, 6.07) is 23.3. The maximum atomic E-state index is 13.2. The molecule has 0 aliphatic carbocycles. The molecular weight excluding hydrogens is 428 g/mol. The van der Waals surface area contributed by atoms with Crippen molar-refractivity contribution in [2.75, 3.05) is 7.11 Å². The molecule has 3 aromatic carbocycles. The monoisotopic (exact) mass is 450 g/mol. The third-order valence-corrected chi connectivity index (χ3v) is 6.07. The fourth-order valence-electron chi connectivity index (χ4n) is 4.36. The van der Waals surface area contributed by atoms with Crippen LogP contribution in [0.1, 0.15) is 22.7 Å². The lowest BCUT2D eigenvalue weighted by molar-refractivity contribution is -0.140. The van der Waals surface area contributed by atoms with E-state index in [9.17, 15) is 14.7 Å². The topological polar surface area (TPSA) is 79.7 Å². The van der Waals surface area contributed by atoms with E-state index in [1.54, 1.807) is 55.9 Å². The fraction of sp³-hybridized carbons (Fsp3) is 0.107. The van der Waals surface area contributed by atoms with E-state index in [1.807, 2.05) is 42.5 Å². The van der Waals surface area contributed by atoms with Crippen molar-refractivity contribution < 1.29 is 19.4 Å². The Kier molecular flexibility index (Phi) is 5.55. The normalized spacial score (nSPS) is 17.3. The lowest BCUT2D eigenvalue weighted by Crippen LogP contribution is -2.29. The lowest BCUT2D eigenvalue weighted by Gasteiger charge is -2.25. The first kappa shape index (κ1) is 21.4. The molecule has 1 amide bonds. The number of carbonyl (C=O) groups excluding carboxylic acids is 2. The molecule has 0 saturated carbocycles. The van der Waals surface area contributed by atoms with Crippen LogP contribution in [0.25, 0.3) is 16.5 Å². The van der Waals surface area contributed by atoms with Crippen LogP contribution in [-0.4, -0.2) is 33.8 Å². The number of nitrogens with zero attached hydrogens (tertiary/aromatic N) is 2. The SMILES string of the molecule is COc1ccc(C2/C(=C(/O)c3ccc4ccccc4c3)C(=O)C(=O)N2Cc2cccnc2)cc1. The summed E-state index contributed by atoms with van der Waals surface area (Å²) in [5.41, 5.74) is 2.03. The number of Topliss-reactive ketones (excluding diaryl/α,β-unsaturated/α-hetero) is 1. The molecule has 6 nitrogen and oxygen atoms in total. The number of ether oxygens (including phenoxy) is 1. The number of amides is 1. The summed E-state index contributed by atoms with van der Waals surface area (Å²) in [6.45, 7) is 0.184. The van der Waals surface area contributed by atoms with Gasteiger partial charge < -0.3 is 14.7 Å². The largest absolute Gasteiger partial charge is 0.507 e. The predicted octanol–water partition coefficient (Wildman–Crippen LogP) is 4.87. The van der Waals surface area contributed by atoms with Gasteiger partial charge in [-0.25, -0.2) is 0 Å². The van der Waals surface area contributed by atoms with Crippen molar-refractivity contribution in [2.45, 2.75) is 12.6 Å². The van der Waals surface area contributed by atoms with Crippen molar-refractivity contribution in [3.8, 4) is 5.75 Å². The van der Waals surface area contributed by atoms with Gasteiger partial charge in [0, 0.05) is 24.5 Å². The lowest BCUT2D eigenvalue weighted by atomic mass is 9.94. The first-order valence-corrected chi connectivity index (χ1v) is 10.9. The molecule has 0 radical (unpaired) electrons. The highest BCUT2D eigenvalue weighted by Gasteiger charge is 2.46. The molecule has 1 atom stereocenters. The van der Waals surface area contributed by atoms with Crippen molar-refractivity contribution in [3.63, 3.8) is 0 Å². The number of hydrogen-bond donors (Lipinski definition) is 1. The van der Waals surface area contributed by atoms with Crippen molar-refractivity contribution in [1.82, 2.24) is 9.88 Å². The van der Waals surface area contributed by atoms with Gasteiger partial charge >= 0.3 is 0 Å². The molecule has 4 aromatic rings. The Morgan fingerprint density at radius 1 is 0.971 bits per heavy atom. The van der Waals surface area contributed by atoms with Crippen LogP contribution >= 0.6 is 0 Å². The number of hydrogen-bond acceptors (Lipinski definition) is 5. The number of aromatic nitrogens is 1. The van der Waals surface area contributed by atoms with E-state index in [0.29, 0.717) is 16.9 Å². The van der Waals surface area contributed by atoms with Crippen LogP contribution in [-0.2, 0) is 16.1 Å². The van der Waals surface area contributed by atoms with E-state index in [4.69, 9.17) is 4.74 Å². The van der Waals surface area contributed by atoms with Crippen LogP contribution in [0.4, 0.5) is 0 Å². The molecule has 34 heavy (non-hydrogen) atoms. The number of likely N-dealkylation sites (tertiary alicyclic amines) is 1. The Bertz CT molecular complexity index is 1410. The average Bonchev–Trinajstić information content (AvgIpc) is 3.13. The van der Waals surface area contributed by atoms with Crippen LogP contribution in [0.3, 0.4) is 0 Å². The second kappa shape index (κ2) is 8.83. The number of aliphatic hydroxyl groups excluding tert-OH is 1. The number of ketones is 1. The van der Waals surface area contributed by atoms with E-state index in [2.05, 4.69) is 4.98 Å². The molecule has 1 aromatic heterocycles. The van der Waals surface area contributed by atoms with Crippen LogP contribution < -0.4 is 4.74 Å². The smallest absolute Gasteiger partial charge is 0.295 e. The standard InChI is InChI=1S/C28H22N2O4/c1-34-23-12-10-20(11-13-23)25-24(26(31)22-9-8-19-6-2-3-7-21(19)15-22)27(32)28(33)30(25)17-18-5-4-14-29-16-18/h2-16,25,31H,17H2,1H3/b26-24-. The molecule has 0 bridgehead atoms. The van der Waals surface area contributed by atoms with Crippen LogP contribution in [0.15, 0.2) is 96.8 Å². The highest BCUT2D eigenvalue weighted by atomic mass is 16.5. The predicted molar refractivity (Wildman–Crippen MR) is 129 cm³/mol. The van der Waals surface area contributed by atoms with Crippen LogP contribution in [0, 0.1) is 0 Å². The highest BCUT2D eigenvalue weighted by molar-refractivity contribution is 6.46. The zero-order chi connectivity index (χ0) is 23.7. The van der Waals surface area contributed by atoms with E-state index < -0.39 is 17.7 Å². The maximum absolute atomic E-state index is 13.2. The summed E-state index contributed by atoms with van der Waals surface area (Å²) >= 11 is 0. The number of rotatable bonds is 5. The molecule has 1 unspecified atom stereocenters. The first-order chi connectivity index (χ1) is 16.6. The van der Waals surface area contributed by atoms with Gasteiger partial charge in [0.15, 0.2) is 0 Å². The van der Waals surface area contributed by atoms with Gasteiger partial charge in [-0.05, 0) is 46.2 Å². The number of pyridine rings is 1. The number of aliphatic hydroxyl groups is 1. The summed E-state index contributed by atoms with van der Waals surface area (Å²) < 4.78 is 5.26. The molecule has 1 aliphatic heterocycles. The number of benzene rings is 3. The zero-order valence-electron chi connectivity index (χ0n) is 18.5. The minimum atomic E-state index is -0.752. The van der Waals surface area contributed by atoms with Gasteiger partial charge in [-0.2, -0.15) is 0 Å². The third-order valence-electron chi connectivity index (χ3n) is 6.07. The highest BCUT2D eigenvalue weighted by Crippen LogP contribution is 2.41. The Labute approximate surface area is 196 Å². The molecule has 0 spiro atoms. The molecule has 1 fully saturated rings. The van der Waals surface area contributed by atoms with Crippen molar-refractivity contribution in [2.24, 2.45) is 0 Å². The molecule has 1 N–H and O–H groups in total. The fourth-order valence-corrected chi connectivity index (χ4v) is 4.36. The van der Waals surface area contributed by atoms with Crippen LogP contribution in [0.2, 0.25) is 0 Å². The number of carbonyl (C=O) groups is 2. The van der Waals surface area contributed by atoms with Gasteiger partial charge in [-0.3, -0.25) is 14.6 Å². The van der Waals surface area contributed by atoms with E-state index in [-0.39, 0.29) is 17.9 Å². The second-order valence-electron chi connectivity index (χ2n) is 8.12. The van der Waals surface area contributed by atoms with E-state index in [0.717, 1.165) is 16.3 Å².